The van der Waals surface area contributed by atoms with Crippen LogP contribution in [0.5, 0.6) is 5.75 Å². The molecule has 0 bridgehead atoms. The predicted octanol–water partition coefficient (Wildman–Crippen LogP) is 4.98. The molecule has 1 amide bonds. The molecule has 0 saturated carbocycles. The van der Waals surface area contributed by atoms with E-state index in [4.69, 9.17) is 4.74 Å². The number of fused-ring (bicyclic) bond motifs is 1. The molecule has 0 aliphatic carbocycles. The smallest absolute Gasteiger partial charge is 0.416 e. The van der Waals surface area contributed by atoms with Gasteiger partial charge in [-0.05, 0) is 42.5 Å². The van der Waals surface area contributed by atoms with Gasteiger partial charge in [0.15, 0.2) is 0 Å². The van der Waals surface area contributed by atoms with Crippen LogP contribution in [0.15, 0.2) is 78.9 Å². The number of alkyl halides is 3. The van der Waals surface area contributed by atoms with Crippen LogP contribution in [0.1, 0.15) is 11.4 Å². The molecule has 3 aromatic carbocycles. The second kappa shape index (κ2) is 9.93. The molecule has 5 rings (SSSR count). The molecule has 0 atom stereocenters. The van der Waals surface area contributed by atoms with Crippen molar-refractivity contribution < 1.29 is 22.7 Å². The quantitative estimate of drug-likeness (QED) is 0.379. The Kier molecular flexibility index (Phi) is 6.54. The van der Waals surface area contributed by atoms with Crippen molar-refractivity contribution in [3.8, 4) is 5.75 Å². The Balaban J connectivity index is 1.27. The number of carbonyl (C=O) groups excluding carboxylic acids is 1. The molecule has 0 spiro atoms. The second-order valence-corrected chi connectivity index (χ2v) is 8.62. The molecule has 0 N–H and O–H groups in total. The van der Waals surface area contributed by atoms with Gasteiger partial charge in [0.1, 0.15) is 24.7 Å². The number of hydrogen-bond donors (Lipinski definition) is 0. The van der Waals surface area contributed by atoms with E-state index < -0.39 is 11.7 Å². The van der Waals surface area contributed by atoms with E-state index in [0.717, 1.165) is 23.2 Å². The Morgan fingerprint density at radius 1 is 0.889 bits per heavy atom. The van der Waals surface area contributed by atoms with Gasteiger partial charge >= 0.3 is 6.18 Å². The van der Waals surface area contributed by atoms with Crippen LogP contribution in [0.4, 0.5) is 18.9 Å². The molecule has 1 saturated heterocycles. The first-order valence-corrected chi connectivity index (χ1v) is 11.7. The third-order valence-electron chi connectivity index (χ3n) is 6.31. The normalized spacial score (nSPS) is 14.3. The molecule has 0 radical (unpaired) electrons. The number of imidazole rings is 1. The van der Waals surface area contributed by atoms with Crippen LogP contribution < -0.4 is 9.64 Å². The number of piperazine rings is 1. The number of rotatable bonds is 6. The summed E-state index contributed by atoms with van der Waals surface area (Å²) in [5, 5.41) is 0. The summed E-state index contributed by atoms with van der Waals surface area (Å²) in [6, 6.07) is 22.4. The van der Waals surface area contributed by atoms with Gasteiger partial charge < -0.3 is 19.1 Å². The highest BCUT2D eigenvalue weighted by Gasteiger charge is 2.31. The molecule has 186 valence electrons. The lowest BCUT2D eigenvalue weighted by Crippen LogP contribution is -2.49. The minimum absolute atomic E-state index is 0.0668. The van der Waals surface area contributed by atoms with Crippen molar-refractivity contribution in [2.75, 3.05) is 31.1 Å². The minimum atomic E-state index is -4.39. The highest BCUT2D eigenvalue weighted by molar-refractivity contribution is 5.81. The summed E-state index contributed by atoms with van der Waals surface area (Å²) in [5.41, 5.74) is 1.47. The molecule has 6 nitrogen and oxygen atoms in total. The average molecular weight is 495 g/mol. The standard InChI is InChI=1S/C27H25F3N4O2/c28-27(29,30)20-7-6-8-21(17-20)32-13-15-33(16-14-32)26(35)18-34-24-12-5-4-11-23(24)31-25(34)19-36-22-9-2-1-3-10-22/h1-12,17H,13-16,18-19H2. The van der Waals surface area contributed by atoms with E-state index in [1.807, 2.05) is 64.1 Å². The van der Waals surface area contributed by atoms with Gasteiger partial charge in [0, 0.05) is 31.9 Å². The largest absolute Gasteiger partial charge is 0.486 e. The minimum Gasteiger partial charge on any atom is -0.486 e. The monoisotopic (exact) mass is 494 g/mol. The fraction of sp³-hybridized carbons (Fsp3) is 0.259. The van der Waals surface area contributed by atoms with Crippen LogP contribution in [0.25, 0.3) is 11.0 Å². The molecule has 0 unspecified atom stereocenters. The fourth-order valence-corrected chi connectivity index (χ4v) is 4.40. The van der Waals surface area contributed by atoms with Crippen molar-refractivity contribution in [3.63, 3.8) is 0 Å². The van der Waals surface area contributed by atoms with E-state index in [-0.39, 0.29) is 19.1 Å². The van der Waals surface area contributed by atoms with Gasteiger partial charge in [0.25, 0.3) is 0 Å². The van der Waals surface area contributed by atoms with Crippen molar-refractivity contribution in [1.29, 1.82) is 0 Å². The number of anilines is 1. The number of ether oxygens (including phenoxy) is 1. The molecule has 1 fully saturated rings. The molecule has 4 aromatic rings. The van der Waals surface area contributed by atoms with Gasteiger partial charge in [-0.3, -0.25) is 4.79 Å². The van der Waals surface area contributed by atoms with Crippen molar-refractivity contribution in [1.82, 2.24) is 14.5 Å². The maximum atomic E-state index is 13.2. The van der Waals surface area contributed by atoms with Crippen LogP contribution in [-0.4, -0.2) is 46.5 Å². The Morgan fingerprint density at radius 3 is 2.36 bits per heavy atom. The summed E-state index contributed by atoms with van der Waals surface area (Å²) >= 11 is 0. The lowest BCUT2D eigenvalue weighted by molar-refractivity contribution is -0.137. The van der Waals surface area contributed by atoms with Crippen molar-refractivity contribution in [2.24, 2.45) is 0 Å². The van der Waals surface area contributed by atoms with E-state index in [9.17, 15) is 18.0 Å². The number of halogens is 3. The summed E-state index contributed by atoms with van der Waals surface area (Å²) in [7, 11) is 0. The zero-order chi connectivity index (χ0) is 25.1. The number of nitrogens with zero attached hydrogens (tertiary/aromatic N) is 4. The SMILES string of the molecule is O=C(Cn1c(COc2ccccc2)nc2ccccc21)N1CCN(c2cccc(C(F)(F)F)c2)CC1. The maximum absolute atomic E-state index is 13.2. The highest BCUT2D eigenvalue weighted by Crippen LogP contribution is 2.32. The van der Waals surface area contributed by atoms with Gasteiger partial charge in [0.05, 0.1) is 16.6 Å². The summed E-state index contributed by atoms with van der Waals surface area (Å²) in [4.78, 5) is 21.5. The molecule has 1 aliphatic rings. The zero-order valence-corrected chi connectivity index (χ0v) is 19.5. The second-order valence-electron chi connectivity index (χ2n) is 8.62. The summed E-state index contributed by atoms with van der Waals surface area (Å²) in [6.45, 7) is 2.10. The maximum Gasteiger partial charge on any atom is 0.416 e. The van der Waals surface area contributed by atoms with E-state index in [0.29, 0.717) is 43.4 Å². The average Bonchev–Trinajstić information content (AvgIpc) is 3.25. The summed E-state index contributed by atoms with van der Waals surface area (Å²) in [5.74, 6) is 1.30. The van der Waals surface area contributed by atoms with Crippen LogP contribution in [-0.2, 0) is 24.1 Å². The first-order valence-electron chi connectivity index (χ1n) is 11.7. The van der Waals surface area contributed by atoms with E-state index >= 15 is 0 Å². The number of benzene rings is 3. The highest BCUT2D eigenvalue weighted by atomic mass is 19.4. The molecule has 36 heavy (non-hydrogen) atoms. The number of carbonyl (C=O) groups is 1. The van der Waals surface area contributed by atoms with Crippen LogP contribution in [0, 0.1) is 0 Å². The molecule has 9 heteroatoms. The first-order chi connectivity index (χ1) is 17.4. The Bertz CT molecular complexity index is 1350. The molecular weight excluding hydrogens is 469 g/mol. The summed E-state index contributed by atoms with van der Waals surface area (Å²) < 4.78 is 47.0. The number of para-hydroxylation sites is 3. The van der Waals surface area contributed by atoms with Gasteiger partial charge in [-0.25, -0.2) is 4.98 Å². The van der Waals surface area contributed by atoms with Crippen LogP contribution in [0.2, 0.25) is 0 Å². The van der Waals surface area contributed by atoms with E-state index in [1.165, 1.54) is 6.07 Å². The Labute approximate surface area is 206 Å². The van der Waals surface area contributed by atoms with Crippen molar-refractivity contribution in [3.05, 3.63) is 90.3 Å². The molecular formula is C27H25F3N4O2. The van der Waals surface area contributed by atoms with Crippen LogP contribution >= 0.6 is 0 Å². The third kappa shape index (κ3) is 5.15. The zero-order valence-electron chi connectivity index (χ0n) is 19.5. The lowest BCUT2D eigenvalue weighted by Gasteiger charge is -2.36. The Morgan fingerprint density at radius 2 is 1.61 bits per heavy atom. The van der Waals surface area contributed by atoms with Gasteiger partial charge in [-0.15, -0.1) is 0 Å². The van der Waals surface area contributed by atoms with E-state index in [1.54, 1.807) is 11.0 Å². The number of amides is 1. The van der Waals surface area contributed by atoms with Crippen LogP contribution in [0.3, 0.4) is 0 Å². The number of aromatic nitrogens is 2. The van der Waals surface area contributed by atoms with Crippen molar-refractivity contribution in [2.45, 2.75) is 19.3 Å². The fourth-order valence-electron chi connectivity index (χ4n) is 4.40. The van der Waals surface area contributed by atoms with Crippen molar-refractivity contribution >= 4 is 22.6 Å². The predicted molar refractivity (Wildman–Crippen MR) is 131 cm³/mol. The van der Waals surface area contributed by atoms with Gasteiger partial charge in [-0.2, -0.15) is 13.2 Å². The van der Waals surface area contributed by atoms with Gasteiger partial charge in [-0.1, -0.05) is 36.4 Å². The summed E-state index contributed by atoms with van der Waals surface area (Å²) in [6.07, 6.45) is -4.39. The molecule has 2 heterocycles. The van der Waals surface area contributed by atoms with E-state index in [2.05, 4.69) is 4.98 Å². The number of hydrogen-bond acceptors (Lipinski definition) is 4. The lowest BCUT2D eigenvalue weighted by atomic mass is 10.1. The Hall–Kier alpha value is -4.01. The molecule has 1 aromatic heterocycles. The topological polar surface area (TPSA) is 50.6 Å². The van der Waals surface area contributed by atoms with Gasteiger partial charge in [0.2, 0.25) is 5.91 Å². The molecule has 1 aliphatic heterocycles. The first kappa shape index (κ1) is 23.7. The third-order valence-corrected chi connectivity index (χ3v) is 6.31.